The Hall–Kier alpha value is -3.66. The summed E-state index contributed by atoms with van der Waals surface area (Å²) in [6.45, 7) is 6.93. The third kappa shape index (κ3) is 2.68. The SMILES string of the molecule is CCC1(CC)CC2N(C3=CC=CNC3N2c2ccc3c(oc4ccccc43)c2C)c2ccccc21. The fraction of sp³-hybridized carbons (Fsp3) is 0.290. The molecule has 3 aromatic carbocycles. The second-order valence-corrected chi connectivity index (χ2v) is 10.2. The third-order valence-corrected chi connectivity index (χ3v) is 8.78. The number of nitrogens with zero attached hydrogens (tertiary/aromatic N) is 2. The predicted octanol–water partition coefficient (Wildman–Crippen LogP) is 7.34. The van der Waals surface area contributed by atoms with Gasteiger partial charge in [0.2, 0.25) is 0 Å². The zero-order chi connectivity index (χ0) is 23.7. The van der Waals surface area contributed by atoms with Gasteiger partial charge in [0.05, 0.1) is 5.70 Å². The summed E-state index contributed by atoms with van der Waals surface area (Å²) in [6, 6.07) is 22.0. The smallest absolute Gasteiger partial charge is 0.142 e. The van der Waals surface area contributed by atoms with Crippen LogP contribution in [0.2, 0.25) is 0 Å². The number of fused-ring (bicyclic) bond motifs is 8. The second kappa shape index (κ2) is 7.42. The summed E-state index contributed by atoms with van der Waals surface area (Å²) in [6.07, 6.45) is 10.2. The number of hydrogen-bond acceptors (Lipinski definition) is 4. The molecule has 0 radical (unpaired) electrons. The molecule has 1 aromatic heterocycles. The molecular weight excluding hydrogens is 430 g/mol. The number of nitrogens with one attached hydrogen (secondary N) is 1. The van der Waals surface area contributed by atoms with Gasteiger partial charge < -0.3 is 19.5 Å². The molecule has 7 rings (SSSR count). The molecule has 2 atom stereocenters. The molecule has 0 spiro atoms. The number of allylic oxidation sites excluding steroid dienone is 2. The maximum absolute atomic E-state index is 6.41. The highest BCUT2D eigenvalue weighted by atomic mass is 16.3. The van der Waals surface area contributed by atoms with Crippen LogP contribution in [0.15, 0.2) is 89.1 Å². The van der Waals surface area contributed by atoms with E-state index in [1.54, 1.807) is 0 Å². The van der Waals surface area contributed by atoms with Crippen molar-refractivity contribution in [2.24, 2.45) is 0 Å². The van der Waals surface area contributed by atoms with E-state index in [0.717, 1.165) is 30.4 Å². The number of aryl methyl sites for hydroxylation is 1. The molecule has 0 bridgehead atoms. The largest absolute Gasteiger partial charge is 0.456 e. The predicted molar refractivity (Wildman–Crippen MR) is 145 cm³/mol. The highest BCUT2D eigenvalue weighted by Crippen LogP contribution is 2.53. The Morgan fingerprint density at radius 1 is 0.943 bits per heavy atom. The number of benzene rings is 3. The van der Waals surface area contributed by atoms with Gasteiger partial charge in [-0.3, -0.25) is 0 Å². The number of para-hydroxylation sites is 2. The fourth-order valence-corrected chi connectivity index (χ4v) is 6.87. The van der Waals surface area contributed by atoms with Crippen LogP contribution in [0.4, 0.5) is 11.4 Å². The molecule has 4 heteroatoms. The highest BCUT2D eigenvalue weighted by molar-refractivity contribution is 6.07. The van der Waals surface area contributed by atoms with Crippen molar-refractivity contribution in [1.29, 1.82) is 0 Å². The minimum Gasteiger partial charge on any atom is -0.456 e. The molecule has 4 heterocycles. The van der Waals surface area contributed by atoms with Gasteiger partial charge in [-0.2, -0.15) is 0 Å². The summed E-state index contributed by atoms with van der Waals surface area (Å²) >= 11 is 0. The van der Waals surface area contributed by atoms with E-state index in [0.29, 0.717) is 0 Å². The van der Waals surface area contributed by atoms with E-state index in [1.165, 1.54) is 39.0 Å². The van der Waals surface area contributed by atoms with E-state index < -0.39 is 0 Å². The lowest BCUT2D eigenvalue weighted by Crippen LogP contribution is -2.51. The fourth-order valence-electron chi connectivity index (χ4n) is 6.87. The summed E-state index contributed by atoms with van der Waals surface area (Å²) in [4.78, 5) is 5.19. The van der Waals surface area contributed by atoms with Gasteiger partial charge >= 0.3 is 0 Å². The third-order valence-electron chi connectivity index (χ3n) is 8.78. The van der Waals surface area contributed by atoms with Crippen LogP contribution in [0.5, 0.6) is 0 Å². The minimum atomic E-state index is 0.0862. The summed E-state index contributed by atoms with van der Waals surface area (Å²) in [5, 5.41) is 6.06. The molecule has 2 unspecified atom stereocenters. The van der Waals surface area contributed by atoms with Crippen molar-refractivity contribution < 1.29 is 4.42 Å². The molecule has 4 nitrogen and oxygen atoms in total. The number of hydrogen-bond donors (Lipinski definition) is 1. The van der Waals surface area contributed by atoms with Crippen LogP contribution in [0.1, 0.15) is 44.2 Å². The molecule has 1 fully saturated rings. The molecule has 0 amide bonds. The lowest BCUT2D eigenvalue weighted by molar-refractivity contribution is 0.317. The summed E-state index contributed by atoms with van der Waals surface area (Å²) < 4.78 is 6.41. The highest BCUT2D eigenvalue weighted by Gasteiger charge is 2.52. The Bertz CT molecular complexity index is 1520. The Labute approximate surface area is 206 Å². The molecule has 4 aromatic rings. The van der Waals surface area contributed by atoms with E-state index in [2.05, 4.69) is 109 Å². The molecule has 3 aliphatic heterocycles. The normalized spacial score (nSPS) is 22.1. The van der Waals surface area contributed by atoms with Crippen LogP contribution in [0.25, 0.3) is 21.9 Å². The number of rotatable bonds is 3. The molecule has 1 N–H and O–H groups in total. The second-order valence-electron chi connectivity index (χ2n) is 10.2. The standard InChI is InChI=1S/C31H31N3O/c1-4-31(5-2)19-28-33(25-13-8-7-12-23(25)31)26-14-10-18-32-30(26)34(28)24-17-16-22-21-11-6-9-15-27(21)35-29(22)20(24)3/h6-18,28,30,32H,4-5,19H2,1-3H3. The molecule has 0 aliphatic carbocycles. The van der Waals surface area contributed by atoms with E-state index in [1.807, 2.05) is 6.07 Å². The Morgan fingerprint density at radius 3 is 2.60 bits per heavy atom. The van der Waals surface area contributed by atoms with E-state index in [-0.39, 0.29) is 17.7 Å². The maximum Gasteiger partial charge on any atom is 0.142 e. The average Bonchev–Trinajstić information content (AvgIpc) is 3.45. The van der Waals surface area contributed by atoms with Crippen LogP contribution in [0.3, 0.4) is 0 Å². The Kier molecular flexibility index (Phi) is 4.38. The first-order chi connectivity index (χ1) is 17.2. The van der Waals surface area contributed by atoms with Gasteiger partial charge in [-0.1, -0.05) is 50.2 Å². The minimum absolute atomic E-state index is 0.0862. The van der Waals surface area contributed by atoms with Gasteiger partial charge in [0.25, 0.3) is 0 Å². The number of dihydropyridines is 1. The number of anilines is 2. The van der Waals surface area contributed by atoms with Crippen molar-refractivity contribution >= 4 is 33.3 Å². The molecule has 0 saturated carbocycles. The van der Waals surface area contributed by atoms with Crippen molar-refractivity contribution in [2.45, 2.75) is 57.8 Å². The molecule has 35 heavy (non-hydrogen) atoms. The maximum atomic E-state index is 6.41. The van der Waals surface area contributed by atoms with Crippen molar-refractivity contribution in [1.82, 2.24) is 5.32 Å². The topological polar surface area (TPSA) is 31.6 Å². The first kappa shape index (κ1) is 20.7. The first-order valence-corrected chi connectivity index (χ1v) is 12.9. The lowest BCUT2D eigenvalue weighted by atomic mass is 9.69. The van der Waals surface area contributed by atoms with Gasteiger partial charge in [0, 0.05) is 33.1 Å². The molecule has 1 saturated heterocycles. The molecule has 3 aliphatic rings. The van der Waals surface area contributed by atoms with Crippen molar-refractivity contribution in [3.63, 3.8) is 0 Å². The first-order valence-electron chi connectivity index (χ1n) is 12.9. The zero-order valence-electron chi connectivity index (χ0n) is 20.6. The number of furan rings is 1. The van der Waals surface area contributed by atoms with E-state index >= 15 is 0 Å². The van der Waals surface area contributed by atoms with Crippen LogP contribution < -0.4 is 15.1 Å². The molecule has 176 valence electrons. The van der Waals surface area contributed by atoms with Gasteiger partial charge in [0.1, 0.15) is 23.5 Å². The van der Waals surface area contributed by atoms with Crippen molar-refractivity contribution in [3.05, 3.63) is 95.8 Å². The summed E-state index contributed by atoms with van der Waals surface area (Å²) in [5.41, 5.74) is 8.70. The van der Waals surface area contributed by atoms with Crippen LogP contribution >= 0.6 is 0 Å². The van der Waals surface area contributed by atoms with E-state index in [9.17, 15) is 0 Å². The van der Waals surface area contributed by atoms with Crippen LogP contribution in [0, 0.1) is 6.92 Å². The van der Waals surface area contributed by atoms with Gasteiger partial charge in [-0.25, -0.2) is 0 Å². The van der Waals surface area contributed by atoms with Crippen molar-refractivity contribution in [2.75, 3.05) is 9.80 Å². The Balaban J connectivity index is 1.45. The monoisotopic (exact) mass is 461 g/mol. The lowest BCUT2D eigenvalue weighted by Gasteiger charge is -2.47. The van der Waals surface area contributed by atoms with Crippen LogP contribution in [-0.2, 0) is 5.41 Å². The Morgan fingerprint density at radius 2 is 1.74 bits per heavy atom. The van der Waals surface area contributed by atoms with Gasteiger partial charge in [-0.05, 0) is 74.4 Å². The summed E-state index contributed by atoms with van der Waals surface area (Å²) in [7, 11) is 0. The molecular formula is C31H31N3O. The zero-order valence-corrected chi connectivity index (χ0v) is 20.6. The average molecular weight is 462 g/mol. The quantitative estimate of drug-likeness (QED) is 0.346. The van der Waals surface area contributed by atoms with Gasteiger partial charge in [-0.15, -0.1) is 0 Å². The summed E-state index contributed by atoms with van der Waals surface area (Å²) in [5.74, 6) is 0. The van der Waals surface area contributed by atoms with Gasteiger partial charge in [0.15, 0.2) is 0 Å². The van der Waals surface area contributed by atoms with E-state index in [4.69, 9.17) is 4.42 Å². The van der Waals surface area contributed by atoms with Crippen molar-refractivity contribution in [3.8, 4) is 0 Å². The van der Waals surface area contributed by atoms with Crippen LogP contribution in [-0.4, -0.2) is 12.3 Å².